The van der Waals surface area contributed by atoms with E-state index < -0.39 is 5.41 Å². The Morgan fingerprint density at radius 1 is 0.617 bits per heavy atom. The molecule has 0 saturated carbocycles. The van der Waals surface area contributed by atoms with E-state index in [2.05, 4.69) is 236 Å². The van der Waals surface area contributed by atoms with Crippen molar-refractivity contribution in [3.05, 3.63) is 205 Å². The molecule has 0 amide bonds. The fourth-order valence-corrected chi connectivity index (χ4v) is 11.5. The number of benzene rings is 5. The molecule has 2 nitrogen and oxygen atoms in total. The minimum Gasteiger partial charge on any atom is -0.338 e. The summed E-state index contributed by atoms with van der Waals surface area (Å²) in [6, 6.07) is 41.7. The summed E-state index contributed by atoms with van der Waals surface area (Å²) in [4.78, 5) is 5.24. The van der Waals surface area contributed by atoms with Gasteiger partial charge in [-0.05, 0) is 155 Å². The number of hydrogen-bond donors (Lipinski definition) is 0. The van der Waals surface area contributed by atoms with E-state index in [4.69, 9.17) is 0 Å². The second kappa shape index (κ2) is 16.0. The maximum absolute atomic E-state index is 3.97. The SMILES string of the molecule is CC1=CCC(C)(N(C2=CC=C(C3(C4=CCC(N(c5ccc(C)cc5)c5ccc(C)cc5)CC4C)c4cc(Br)ccc4-c4ccc(Br)cc43)CC2C)c2ccc(C)cc2)C=C1. The van der Waals surface area contributed by atoms with Gasteiger partial charge in [-0.25, -0.2) is 0 Å². The number of hydrogen-bond acceptors (Lipinski definition) is 2. The van der Waals surface area contributed by atoms with E-state index in [0.29, 0.717) is 12.0 Å². The minimum absolute atomic E-state index is 0.184. The van der Waals surface area contributed by atoms with Gasteiger partial charge in [-0.15, -0.1) is 0 Å². The van der Waals surface area contributed by atoms with Crippen molar-refractivity contribution in [3.8, 4) is 11.1 Å². The Hall–Kier alpha value is -4.64. The summed E-state index contributed by atoms with van der Waals surface area (Å²) in [5.74, 6) is 0.587. The summed E-state index contributed by atoms with van der Waals surface area (Å²) < 4.78 is 2.24. The predicted octanol–water partition coefficient (Wildman–Crippen LogP) is 16.0. The predicted molar refractivity (Wildman–Crippen MR) is 262 cm³/mol. The highest BCUT2D eigenvalue weighted by Crippen LogP contribution is 2.62. The van der Waals surface area contributed by atoms with Crippen LogP contribution in [0.15, 0.2) is 177 Å². The first-order valence-electron chi connectivity index (χ1n) is 21.7. The molecule has 304 valence electrons. The molecule has 0 spiro atoms. The molecule has 60 heavy (non-hydrogen) atoms. The van der Waals surface area contributed by atoms with E-state index in [1.54, 1.807) is 0 Å². The van der Waals surface area contributed by atoms with Crippen molar-refractivity contribution in [1.82, 2.24) is 0 Å². The maximum Gasteiger partial charge on any atom is 0.0640 e. The highest BCUT2D eigenvalue weighted by atomic mass is 79.9. The van der Waals surface area contributed by atoms with Gasteiger partial charge < -0.3 is 9.80 Å². The van der Waals surface area contributed by atoms with Crippen LogP contribution in [-0.4, -0.2) is 11.6 Å². The van der Waals surface area contributed by atoms with Gasteiger partial charge in [0, 0.05) is 43.7 Å². The van der Waals surface area contributed by atoms with Gasteiger partial charge in [0.25, 0.3) is 0 Å². The molecule has 4 aliphatic rings. The molecular weight excluding hydrogens is 860 g/mol. The quantitative estimate of drug-likeness (QED) is 0.143. The van der Waals surface area contributed by atoms with Gasteiger partial charge in [-0.3, -0.25) is 0 Å². The number of fused-ring (bicyclic) bond motifs is 3. The van der Waals surface area contributed by atoms with Crippen LogP contribution >= 0.6 is 31.9 Å². The lowest BCUT2D eigenvalue weighted by molar-refractivity contribution is 0.430. The first kappa shape index (κ1) is 40.7. The first-order valence-corrected chi connectivity index (χ1v) is 23.3. The molecule has 0 fully saturated rings. The van der Waals surface area contributed by atoms with Crippen molar-refractivity contribution in [2.75, 3.05) is 9.80 Å². The van der Waals surface area contributed by atoms with E-state index in [0.717, 1.165) is 34.6 Å². The van der Waals surface area contributed by atoms with Crippen molar-refractivity contribution >= 4 is 48.9 Å². The van der Waals surface area contributed by atoms with Crippen molar-refractivity contribution < 1.29 is 0 Å². The summed E-state index contributed by atoms with van der Waals surface area (Å²) in [5, 5.41) is 0. The van der Waals surface area contributed by atoms with Crippen LogP contribution in [0.5, 0.6) is 0 Å². The lowest BCUT2D eigenvalue weighted by atomic mass is 9.59. The zero-order valence-corrected chi connectivity index (χ0v) is 39.2. The summed E-state index contributed by atoms with van der Waals surface area (Å²) >= 11 is 7.94. The van der Waals surface area contributed by atoms with E-state index in [1.807, 2.05) is 0 Å². The fraction of sp³-hybridized carbons (Fsp3) is 0.286. The largest absolute Gasteiger partial charge is 0.338 e. The zero-order valence-electron chi connectivity index (χ0n) is 36.1. The van der Waals surface area contributed by atoms with Crippen LogP contribution in [0.2, 0.25) is 0 Å². The molecule has 0 bridgehead atoms. The minimum atomic E-state index is -0.416. The number of nitrogens with zero attached hydrogens (tertiary/aromatic N) is 2. The molecule has 4 unspecified atom stereocenters. The van der Waals surface area contributed by atoms with Crippen molar-refractivity contribution in [2.24, 2.45) is 11.8 Å². The molecule has 4 heteroatoms. The molecule has 5 aromatic rings. The molecule has 4 aliphatic carbocycles. The maximum atomic E-state index is 3.97. The molecule has 5 aromatic carbocycles. The van der Waals surface area contributed by atoms with Crippen molar-refractivity contribution in [1.29, 1.82) is 0 Å². The number of aryl methyl sites for hydroxylation is 3. The average Bonchev–Trinajstić information content (AvgIpc) is 3.51. The van der Waals surface area contributed by atoms with Gasteiger partial charge in [-0.1, -0.05) is 158 Å². The van der Waals surface area contributed by atoms with Crippen molar-refractivity contribution in [3.63, 3.8) is 0 Å². The average molecular weight is 917 g/mol. The third-order valence-electron chi connectivity index (χ3n) is 13.8. The molecular formula is C56H56Br2N2. The second-order valence-electron chi connectivity index (χ2n) is 18.3. The van der Waals surface area contributed by atoms with Crippen LogP contribution in [0.1, 0.15) is 81.2 Å². The number of allylic oxidation sites excluding steroid dienone is 7. The topological polar surface area (TPSA) is 6.48 Å². The Bertz CT molecular complexity index is 2510. The van der Waals surface area contributed by atoms with Gasteiger partial charge >= 0.3 is 0 Å². The first-order chi connectivity index (χ1) is 28.9. The third-order valence-corrected chi connectivity index (χ3v) is 14.8. The van der Waals surface area contributed by atoms with Gasteiger partial charge in [0.2, 0.25) is 0 Å². The van der Waals surface area contributed by atoms with Gasteiger partial charge in [-0.2, -0.15) is 0 Å². The van der Waals surface area contributed by atoms with Crippen molar-refractivity contribution in [2.45, 2.75) is 91.1 Å². The summed E-state index contributed by atoms with van der Waals surface area (Å²) in [6.07, 6.45) is 18.7. The molecule has 0 radical (unpaired) electrons. The Kier molecular flexibility index (Phi) is 10.9. The zero-order chi connectivity index (χ0) is 41.9. The van der Waals surface area contributed by atoms with Crippen LogP contribution in [0.25, 0.3) is 11.1 Å². The molecule has 0 saturated heterocycles. The normalized spacial score (nSPS) is 22.9. The van der Waals surface area contributed by atoms with Crippen LogP contribution in [0.4, 0.5) is 17.1 Å². The van der Waals surface area contributed by atoms with Gasteiger partial charge in [0.1, 0.15) is 0 Å². The Labute approximate surface area is 375 Å². The smallest absolute Gasteiger partial charge is 0.0640 e. The lowest BCUT2D eigenvalue weighted by Crippen LogP contribution is -2.47. The molecule has 0 heterocycles. The molecule has 0 aliphatic heterocycles. The molecule has 0 N–H and O–H groups in total. The van der Waals surface area contributed by atoms with Gasteiger partial charge in [0.05, 0.1) is 11.0 Å². The van der Waals surface area contributed by atoms with Crippen LogP contribution < -0.4 is 9.80 Å². The Balaban J connectivity index is 1.22. The summed E-state index contributed by atoms with van der Waals surface area (Å²) in [7, 11) is 0. The second-order valence-corrected chi connectivity index (χ2v) is 20.1. The van der Waals surface area contributed by atoms with E-state index in [-0.39, 0.29) is 11.5 Å². The number of anilines is 3. The molecule has 4 atom stereocenters. The number of rotatable bonds is 8. The Morgan fingerprint density at radius 2 is 1.15 bits per heavy atom. The monoisotopic (exact) mass is 914 g/mol. The highest BCUT2D eigenvalue weighted by Gasteiger charge is 2.52. The Morgan fingerprint density at radius 3 is 1.63 bits per heavy atom. The number of halogens is 2. The summed E-state index contributed by atoms with van der Waals surface area (Å²) in [6.45, 7) is 16.1. The fourth-order valence-electron chi connectivity index (χ4n) is 10.8. The van der Waals surface area contributed by atoms with Crippen LogP contribution in [0, 0.1) is 32.6 Å². The van der Waals surface area contributed by atoms with E-state index in [9.17, 15) is 0 Å². The standard InChI is InChI=1S/C56H56Br2N2/c1-36-8-17-45(18-9-36)59(46-19-10-37(2)11-20-46)48-23-26-51(40(5)33-48)56(52-34-43(57)15-24-49(52)50-25-16-44(58)35-53(50)56)42-14-27-54(41(6)32-42)60(47-21-12-38(3)13-22-47)55(7)30-28-39(4)29-31-55/h8-22,24-30,34-35,40-41,48H,23,31-33H2,1-7H3. The summed E-state index contributed by atoms with van der Waals surface area (Å²) in [5.41, 5.74) is 18.2. The third kappa shape index (κ3) is 7.12. The molecule has 0 aromatic heterocycles. The van der Waals surface area contributed by atoms with Gasteiger partial charge in [0.15, 0.2) is 0 Å². The van der Waals surface area contributed by atoms with Crippen LogP contribution in [-0.2, 0) is 5.41 Å². The van der Waals surface area contributed by atoms with E-state index >= 15 is 0 Å². The van der Waals surface area contributed by atoms with E-state index in [1.165, 1.54) is 78.4 Å². The lowest BCUT2D eigenvalue weighted by Gasteiger charge is -2.48. The highest BCUT2D eigenvalue weighted by molar-refractivity contribution is 9.10. The molecule has 9 rings (SSSR count). The van der Waals surface area contributed by atoms with Crippen LogP contribution in [0.3, 0.4) is 0 Å².